The third-order valence-corrected chi connectivity index (χ3v) is 10.6. The molecular formula is C34H39F2N7O3. The van der Waals surface area contributed by atoms with E-state index in [0.717, 1.165) is 60.9 Å². The minimum Gasteiger partial charge on any atom is -0.494 e. The molecule has 8 rings (SSSR count). The van der Waals surface area contributed by atoms with Gasteiger partial charge in [0.1, 0.15) is 22.8 Å². The number of imidazole rings is 1. The fourth-order valence-corrected chi connectivity index (χ4v) is 7.62. The summed E-state index contributed by atoms with van der Waals surface area (Å²) in [4.78, 5) is 38.2. The first kappa shape index (κ1) is 29.3. The largest absolute Gasteiger partial charge is 0.494 e. The van der Waals surface area contributed by atoms with Crippen LogP contribution in [0.25, 0.3) is 33.6 Å². The number of carbonyl (C=O) groups is 2. The predicted octanol–water partition coefficient (Wildman–Crippen LogP) is 4.79. The Labute approximate surface area is 265 Å². The SMILES string of the molecule is COc1cc(C(=O)N2C[C@H](N)[C@H]3CC[C@@H]2C3)cc2nc(-c3cc4ccc([C@@H](C)NC(=O)[C@H]5CC5(F)F)nc4n3CC3CC3)n(C)c12. The molecule has 242 valence electrons. The number of nitrogens with two attached hydrogens (primary N) is 1. The minimum atomic E-state index is -2.92. The zero-order valence-electron chi connectivity index (χ0n) is 26.3. The summed E-state index contributed by atoms with van der Waals surface area (Å²) < 4.78 is 37.0. The molecule has 4 aliphatic rings. The van der Waals surface area contributed by atoms with Crippen molar-refractivity contribution in [2.24, 2.45) is 30.5 Å². The lowest BCUT2D eigenvalue weighted by Crippen LogP contribution is -2.51. The first-order valence-electron chi connectivity index (χ1n) is 16.3. The Balaban J connectivity index is 1.16. The second-order valence-electron chi connectivity index (χ2n) is 13.9. The molecule has 5 atom stereocenters. The van der Waals surface area contributed by atoms with E-state index in [2.05, 4.69) is 16.0 Å². The molecular weight excluding hydrogens is 592 g/mol. The van der Waals surface area contributed by atoms with Crippen LogP contribution < -0.4 is 15.8 Å². The molecule has 12 heteroatoms. The Morgan fingerprint density at radius 3 is 2.65 bits per heavy atom. The van der Waals surface area contributed by atoms with Gasteiger partial charge in [0.15, 0.2) is 5.82 Å². The summed E-state index contributed by atoms with van der Waals surface area (Å²) in [6, 6.07) is 9.21. The number of carbonyl (C=O) groups excluding carboxylic acids is 2. The zero-order chi connectivity index (χ0) is 32.1. The number of halogens is 2. The number of methoxy groups -OCH3 is 1. The van der Waals surface area contributed by atoms with Crippen LogP contribution in [-0.2, 0) is 18.4 Å². The monoisotopic (exact) mass is 631 g/mol. The van der Waals surface area contributed by atoms with E-state index in [0.29, 0.717) is 46.7 Å². The van der Waals surface area contributed by atoms with Crippen molar-refractivity contribution in [3.05, 3.63) is 41.6 Å². The fourth-order valence-electron chi connectivity index (χ4n) is 7.62. The van der Waals surface area contributed by atoms with Gasteiger partial charge in [0, 0.05) is 49.6 Å². The molecule has 4 heterocycles. The maximum absolute atomic E-state index is 13.8. The van der Waals surface area contributed by atoms with Gasteiger partial charge in [-0.15, -0.1) is 0 Å². The fraction of sp³-hybridized carbons (Fsp3) is 0.529. The van der Waals surface area contributed by atoms with E-state index in [1.165, 1.54) is 0 Å². The third-order valence-electron chi connectivity index (χ3n) is 10.6. The highest BCUT2D eigenvalue weighted by Gasteiger charge is 2.61. The number of rotatable bonds is 8. The summed E-state index contributed by atoms with van der Waals surface area (Å²) >= 11 is 0. The highest BCUT2D eigenvalue weighted by atomic mass is 19.3. The number of aromatic nitrogens is 4. The molecule has 2 amide bonds. The van der Waals surface area contributed by atoms with Crippen LogP contribution in [0.15, 0.2) is 30.3 Å². The normalized spacial score (nSPS) is 25.7. The molecule has 2 bridgehead atoms. The van der Waals surface area contributed by atoms with Crippen molar-refractivity contribution >= 4 is 33.9 Å². The topological polar surface area (TPSA) is 120 Å². The highest BCUT2D eigenvalue weighted by molar-refractivity contribution is 6.00. The Morgan fingerprint density at radius 2 is 1.93 bits per heavy atom. The molecule has 3 saturated carbocycles. The van der Waals surface area contributed by atoms with Crippen LogP contribution in [0, 0.1) is 17.8 Å². The van der Waals surface area contributed by atoms with Crippen molar-refractivity contribution in [3.63, 3.8) is 0 Å². The van der Waals surface area contributed by atoms with E-state index >= 15 is 0 Å². The molecule has 46 heavy (non-hydrogen) atoms. The Kier molecular flexibility index (Phi) is 6.69. The summed E-state index contributed by atoms with van der Waals surface area (Å²) in [7, 11) is 3.55. The highest BCUT2D eigenvalue weighted by Crippen LogP contribution is 2.49. The van der Waals surface area contributed by atoms with Crippen LogP contribution in [0.2, 0.25) is 0 Å². The lowest BCUT2D eigenvalue weighted by atomic mass is 9.94. The van der Waals surface area contributed by atoms with Crippen LogP contribution >= 0.6 is 0 Å². The van der Waals surface area contributed by atoms with Crippen LogP contribution in [0.1, 0.15) is 67.5 Å². The summed E-state index contributed by atoms with van der Waals surface area (Å²) in [5.74, 6) is -2.56. The summed E-state index contributed by atoms with van der Waals surface area (Å²) in [6.45, 7) is 3.08. The molecule has 0 spiro atoms. The van der Waals surface area contributed by atoms with Crippen molar-refractivity contribution in [3.8, 4) is 17.3 Å². The molecule has 3 aromatic heterocycles. The number of aryl methyl sites for hydroxylation is 1. The standard InChI is InChI=1S/C34H39F2N7O3/c1-17(38-32(44)23-14-34(23,35)36)25-9-7-20-12-27(43(30(20)39-25)15-18-4-5-18)31-40-26-11-21(13-28(46-3)29(26)41(31)2)33(45)42-16-24(37)19-6-8-22(42)10-19/h7,9,11-13,17-19,22-24H,4-6,8,10,14-16,37H2,1-3H3,(H,38,44)/t17-,19+,22-,23-,24+/m1/s1. The molecule has 10 nitrogen and oxygen atoms in total. The molecule has 4 aromatic rings. The summed E-state index contributed by atoms with van der Waals surface area (Å²) in [5.41, 5.74) is 10.7. The number of alkyl halides is 2. The van der Waals surface area contributed by atoms with E-state index in [1.54, 1.807) is 14.0 Å². The molecule has 3 aliphatic carbocycles. The number of nitrogens with zero attached hydrogens (tertiary/aromatic N) is 5. The van der Waals surface area contributed by atoms with E-state index < -0.39 is 30.2 Å². The number of fused-ring (bicyclic) bond motifs is 4. The van der Waals surface area contributed by atoms with E-state index in [1.807, 2.05) is 40.8 Å². The Morgan fingerprint density at radius 1 is 1.15 bits per heavy atom. The minimum absolute atomic E-state index is 0.000468. The van der Waals surface area contributed by atoms with Crippen LogP contribution in [0.5, 0.6) is 5.75 Å². The van der Waals surface area contributed by atoms with Crippen molar-refractivity contribution < 1.29 is 23.1 Å². The molecule has 4 fully saturated rings. The van der Waals surface area contributed by atoms with Gasteiger partial charge in [0.05, 0.1) is 30.1 Å². The van der Waals surface area contributed by atoms with Gasteiger partial charge in [-0.05, 0) is 81.2 Å². The number of hydrogen-bond acceptors (Lipinski definition) is 6. The second-order valence-corrected chi connectivity index (χ2v) is 13.9. The van der Waals surface area contributed by atoms with E-state index in [9.17, 15) is 18.4 Å². The average molecular weight is 632 g/mol. The first-order chi connectivity index (χ1) is 22.0. The average Bonchev–Trinajstić information content (AvgIpc) is 3.83. The number of ether oxygens (including phenoxy) is 1. The molecule has 1 aromatic carbocycles. The Hall–Kier alpha value is -4.06. The molecule has 0 unspecified atom stereocenters. The molecule has 1 saturated heterocycles. The van der Waals surface area contributed by atoms with Crippen LogP contribution in [0.4, 0.5) is 8.78 Å². The Bertz CT molecular complexity index is 1900. The van der Waals surface area contributed by atoms with Gasteiger partial charge in [-0.1, -0.05) is 0 Å². The van der Waals surface area contributed by atoms with Gasteiger partial charge in [-0.25, -0.2) is 18.7 Å². The quantitative estimate of drug-likeness (QED) is 0.289. The second kappa shape index (κ2) is 10.5. The summed E-state index contributed by atoms with van der Waals surface area (Å²) in [5, 5.41) is 3.63. The predicted molar refractivity (Wildman–Crippen MR) is 168 cm³/mol. The van der Waals surface area contributed by atoms with Gasteiger partial charge in [0.2, 0.25) is 5.91 Å². The lowest BCUT2D eigenvalue weighted by molar-refractivity contribution is -0.125. The maximum Gasteiger partial charge on any atom is 0.260 e. The van der Waals surface area contributed by atoms with E-state index in [4.69, 9.17) is 20.4 Å². The molecule has 1 aliphatic heterocycles. The number of nitrogens with one attached hydrogen (secondary N) is 1. The molecule has 3 N–H and O–H groups in total. The van der Waals surface area contributed by atoms with Crippen molar-refractivity contribution in [2.45, 2.75) is 76.0 Å². The smallest absolute Gasteiger partial charge is 0.260 e. The van der Waals surface area contributed by atoms with Gasteiger partial charge < -0.3 is 29.8 Å². The van der Waals surface area contributed by atoms with Crippen molar-refractivity contribution in [1.82, 2.24) is 29.3 Å². The van der Waals surface area contributed by atoms with Crippen LogP contribution in [-0.4, -0.2) is 67.5 Å². The lowest BCUT2D eigenvalue weighted by Gasteiger charge is -2.37. The number of piperidine rings is 1. The van der Waals surface area contributed by atoms with Gasteiger partial charge in [-0.2, -0.15) is 0 Å². The number of benzene rings is 1. The van der Waals surface area contributed by atoms with Crippen molar-refractivity contribution in [2.75, 3.05) is 13.7 Å². The first-order valence-corrected chi connectivity index (χ1v) is 16.3. The third kappa shape index (κ3) is 4.83. The zero-order valence-corrected chi connectivity index (χ0v) is 26.3. The van der Waals surface area contributed by atoms with Gasteiger partial charge in [-0.3, -0.25) is 9.59 Å². The van der Waals surface area contributed by atoms with Gasteiger partial charge in [0.25, 0.3) is 11.8 Å². The number of amides is 2. The van der Waals surface area contributed by atoms with Crippen molar-refractivity contribution in [1.29, 1.82) is 0 Å². The number of likely N-dealkylation sites (tertiary alicyclic amines) is 1. The number of hydrogen-bond donors (Lipinski definition) is 2. The summed E-state index contributed by atoms with van der Waals surface area (Å²) in [6.07, 6.45) is 4.87. The number of pyridine rings is 1. The molecule has 0 radical (unpaired) electrons. The van der Waals surface area contributed by atoms with E-state index in [-0.39, 0.29) is 18.0 Å². The maximum atomic E-state index is 13.8. The van der Waals surface area contributed by atoms with Gasteiger partial charge >= 0.3 is 0 Å². The van der Waals surface area contributed by atoms with Crippen LogP contribution in [0.3, 0.4) is 0 Å².